The summed E-state index contributed by atoms with van der Waals surface area (Å²) in [6.45, 7) is 2.82. The third kappa shape index (κ3) is 2.94. The lowest BCUT2D eigenvalue weighted by molar-refractivity contribution is -0.124. The number of para-hydroxylation sites is 2. The second kappa shape index (κ2) is 6.72. The summed E-state index contributed by atoms with van der Waals surface area (Å²) in [6.07, 6.45) is 0. The van der Waals surface area contributed by atoms with E-state index < -0.39 is 0 Å². The van der Waals surface area contributed by atoms with Crippen LogP contribution in [0.1, 0.15) is 18.8 Å². The van der Waals surface area contributed by atoms with Crippen LogP contribution in [-0.4, -0.2) is 35.7 Å². The van der Waals surface area contributed by atoms with Crippen LogP contribution in [0.25, 0.3) is 11.0 Å². The summed E-state index contributed by atoms with van der Waals surface area (Å²) in [6, 6.07) is 7.33. The normalized spacial score (nSPS) is 12.6. The molecule has 1 aromatic heterocycles. The van der Waals surface area contributed by atoms with Gasteiger partial charge in [0.1, 0.15) is 11.9 Å². The van der Waals surface area contributed by atoms with Crippen molar-refractivity contribution in [3.63, 3.8) is 0 Å². The maximum absolute atomic E-state index is 12.2. The molecular formula is C14H18ClN3O2. The Hall–Kier alpha value is -1.59. The second-order valence-electron chi connectivity index (χ2n) is 4.48. The fourth-order valence-corrected chi connectivity index (χ4v) is 2.35. The predicted octanol–water partition coefficient (Wildman–Crippen LogP) is 2.10. The first-order chi connectivity index (χ1) is 9.69. The number of carbonyl (C=O) groups excluding carboxylic acids is 1. The lowest BCUT2D eigenvalue weighted by Crippen LogP contribution is -2.33. The monoisotopic (exact) mass is 295 g/mol. The number of hydrogen-bond donors (Lipinski definition) is 1. The number of halogens is 1. The Morgan fingerprint density at radius 3 is 2.95 bits per heavy atom. The van der Waals surface area contributed by atoms with Crippen molar-refractivity contribution < 1.29 is 9.53 Å². The highest BCUT2D eigenvalue weighted by Crippen LogP contribution is 2.22. The summed E-state index contributed by atoms with van der Waals surface area (Å²) >= 11 is 5.94. The van der Waals surface area contributed by atoms with Crippen molar-refractivity contribution in [1.82, 2.24) is 14.9 Å². The van der Waals surface area contributed by atoms with Crippen LogP contribution in [-0.2, 0) is 15.4 Å². The van der Waals surface area contributed by atoms with E-state index in [1.54, 1.807) is 7.11 Å². The molecular weight excluding hydrogens is 278 g/mol. The van der Waals surface area contributed by atoms with Crippen LogP contribution in [0.15, 0.2) is 24.3 Å². The second-order valence-corrected chi connectivity index (χ2v) is 4.75. The zero-order valence-electron chi connectivity index (χ0n) is 11.6. The molecule has 0 aliphatic rings. The minimum atomic E-state index is -0.368. The van der Waals surface area contributed by atoms with Gasteiger partial charge in [-0.15, -0.1) is 11.6 Å². The van der Waals surface area contributed by atoms with Gasteiger partial charge < -0.3 is 14.6 Å². The number of imidazole rings is 1. The van der Waals surface area contributed by atoms with Gasteiger partial charge in [0.2, 0.25) is 5.91 Å². The van der Waals surface area contributed by atoms with E-state index in [1.807, 2.05) is 35.8 Å². The van der Waals surface area contributed by atoms with E-state index in [0.717, 1.165) is 11.0 Å². The number of benzene rings is 1. The molecule has 0 aliphatic heterocycles. The largest absolute Gasteiger partial charge is 0.383 e. The maximum atomic E-state index is 12.2. The molecule has 0 bridgehead atoms. The fourth-order valence-electron chi connectivity index (χ4n) is 2.16. The molecule has 20 heavy (non-hydrogen) atoms. The summed E-state index contributed by atoms with van der Waals surface area (Å²) in [5.41, 5.74) is 1.76. The number of hydrogen-bond acceptors (Lipinski definition) is 3. The van der Waals surface area contributed by atoms with E-state index >= 15 is 0 Å². The highest BCUT2D eigenvalue weighted by atomic mass is 35.5. The number of rotatable bonds is 6. The number of fused-ring (bicyclic) bond motifs is 1. The summed E-state index contributed by atoms with van der Waals surface area (Å²) in [5.74, 6) is 0.892. The molecule has 6 heteroatoms. The van der Waals surface area contributed by atoms with Crippen molar-refractivity contribution in [3.8, 4) is 0 Å². The predicted molar refractivity (Wildman–Crippen MR) is 78.9 cm³/mol. The summed E-state index contributed by atoms with van der Waals surface area (Å²) < 4.78 is 6.80. The van der Waals surface area contributed by atoms with Crippen LogP contribution >= 0.6 is 11.6 Å². The van der Waals surface area contributed by atoms with E-state index in [0.29, 0.717) is 19.0 Å². The van der Waals surface area contributed by atoms with E-state index in [4.69, 9.17) is 16.3 Å². The van der Waals surface area contributed by atoms with Crippen LogP contribution in [0.4, 0.5) is 0 Å². The Bertz CT molecular complexity index is 597. The Labute approximate surface area is 122 Å². The first-order valence-corrected chi connectivity index (χ1v) is 7.01. The molecule has 1 aromatic carbocycles. The number of carbonyl (C=O) groups is 1. The van der Waals surface area contributed by atoms with Gasteiger partial charge >= 0.3 is 0 Å². The molecule has 0 saturated heterocycles. The molecule has 0 spiro atoms. The first kappa shape index (κ1) is 14.8. The van der Waals surface area contributed by atoms with Crippen LogP contribution < -0.4 is 5.32 Å². The summed E-state index contributed by atoms with van der Waals surface area (Å²) in [7, 11) is 1.60. The van der Waals surface area contributed by atoms with Gasteiger partial charge in [-0.25, -0.2) is 4.98 Å². The average molecular weight is 296 g/mol. The molecule has 108 valence electrons. The molecule has 0 radical (unpaired) electrons. The summed E-state index contributed by atoms with van der Waals surface area (Å²) in [4.78, 5) is 16.6. The molecule has 1 atom stereocenters. The molecule has 1 N–H and O–H groups in total. The van der Waals surface area contributed by atoms with Crippen molar-refractivity contribution >= 4 is 28.5 Å². The molecule has 1 heterocycles. The number of nitrogens with one attached hydrogen (secondary N) is 1. The topological polar surface area (TPSA) is 56.1 Å². The number of amides is 1. The number of nitrogens with zero attached hydrogens (tertiary/aromatic N) is 2. The Kier molecular flexibility index (Phi) is 4.98. The van der Waals surface area contributed by atoms with Gasteiger partial charge in [-0.2, -0.15) is 0 Å². The lowest BCUT2D eigenvalue weighted by Gasteiger charge is -2.16. The third-order valence-corrected chi connectivity index (χ3v) is 3.40. The van der Waals surface area contributed by atoms with Gasteiger partial charge in [0.15, 0.2) is 0 Å². The Balaban J connectivity index is 2.28. The van der Waals surface area contributed by atoms with Gasteiger partial charge in [0, 0.05) is 13.7 Å². The van der Waals surface area contributed by atoms with E-state index in [9.17, 15) is 4.79 Å². The van der Waals surface area contributed by atoms with E-state index in [1.165, 1.54) is 0 Å². The van der Waals surface area contributed by atoms with Crippen molar-refractivity contribution in [3.05, 3.63) is 30.1 Å². The van der Waals surface area contributed by atoms with Crippen LogP contribution in [0.5, 0.6) is 0 Å². The zero-order valence-corrected chi connectivity index (χ0v) is 12.4. The number of ether oxygens (including phenoxy) is 1. The standard InChI is InChI=1S/C14H18ClN3O2/c1-10(14(19)16-7-8-20-2)18-12-6-4-3-5-11(12)17-13(18)9-15/h3-6,10H,7-9H2,1-2H3,(H,16,19). The van der Waals surface area contributed by atoms with Gasteiger partial charge in [-0.05, 0) is 19.1 Å². The zero-order chi connectivity index (χ0) is 14.5. The highest BCUT2D eigenvalue weighted by Gasteiger charge is 2.20. The van der Waals surface area contributed by atoms with Gasteiger partial charge in [0.25, 0.3) is 0 Å². The fraction of sp³-hybridized carbons (Fsp3) is 0.429. The van der Waals surface area contributed by atoms with Crippen LogP contribution in [0.3, 0.4) is 0 Å². The third-order valence-electron chi connectivity index (χ3n) is 3.16. The van der Waals surface area contributed by atoms with Crippen molar-refractivity contribution in [2.24, 2.45) is 0 Å². The molecule has 2 aromatic rings. The minimum absolute atomic E-state index is 0.0726. The number of methoxy groups -OCH3 is 1. The number of aromatic nitrogens is 2. The molecule has 1 amide bonds. The molecule has 0 fully saturated rings. The maximum Gasteiger partial charge on any atom is 0.242 e. The van der Waals surface area contributed by atoms with Crippen LogP contribution in [0.2, 0.25) is 0 Å². The Morgan fingerprint density at radius 2 is 2.25 bits per heavy atom. The molecule has 0 saturated carbocycles. The van der Waals surface area contributed by atoms with Crippen molar-refractivity contribution in [1.29, 1.82) is 0 Å². The van der Waals surface area contributed by atoms with E-state index in [-0.39, 0.29) is 17.8 Å². The van der Waals surface area contributed by atoms with Crippen molar-refractivity contribution in [2.75, 3.05) is 20.3 Å². The first-order valence-electron chi connectivity index (χ1n) is 6.47. The quantitative estimate of drug-likeness (QED) is 0.656. The number of alkyl halides is 1. The lowest BCUT2D eigenvalue weighted by atomic mass is 10.2. The average Bonchev–Trinajstić information content (AvgIpc) is 2.85. The molecule has 2 rings (SSSR count). The van der Waals surface area contributed by atoms with Gasteiger partial charge in [-0.1, -0.05) is 12.1 Å². The van der Waals surface area contributed by atoms with Gasteiger partial charge in [0.05, 0.1) is 23.5 Å². The summed E-state index contributed by atoms with van der Waals surface area (Å²) in [5, 5.41) is 2.83. The molecule has 1 unspecified atom stereocenters. The molecule has 0 aliphatic carbocycles. The Morgan fingerprint density at radius 1 is 1.50 bits per heavy atom. The van der Waals surface area contributed by atoms with E-state index in [2.05, 4.69) is 10.3 Å². The smallest absolute Gasteiger partial charge is 0.242 e. The van der Waals surface area contributed by atoms with Crippen molar-refractivity contribution in [2.45, 2.75) is 18.8 Å². The highest BCUT2D eigenvalue weighted by molar-refractivity contribution is 6.16. The van der Waals surface area contributed by atoms with Gasteiger partial charge in [-0.3, -0.25) is 4.79 Å². The SMILES string of the molecule is COCCNC(=O)C(C)n1c(CCl)nc2ccccc21. The van der Waals surface area contributed by atoms with Crippen LogP contribution in [0, 0.1) is 0 Å². The minimum Gasteiger partial charge on any atom is -0.383 e. The molecule has 5 nitrogen and oxygen atoms in total.